The minimum Gasteiger partial charge on any atom is -0.449 e. The van der Waals surface area contributed by atoms with Crippen LogP contribution in [0.3, 0.4) is 0 Å². The zero-order chi connectivity index (χ0) is 13.8. The summed E-state index contributed by atoms with van der Waals surface area (Å²) in [5, 5.41) is 0. The maximum atomic E-state index is 10.8. The molecule has 1 aliphatic rings. The number of amides is 1. The second-order valence-corrected chi connectivity index (χ2v) is 4.40. The van der Waals surface area contributed by atoms with Gasteiger partial charge in [-0.3, -0.25) is 0 Å². The van der Waals surface area contributed by atoms with Crippen LogP contribution in [-0.4, -0.2) is 12.7 Å². The van der Waals surface area contributed by atoms with Gasteiger partial charge in [0, 0.05) is 5.92 Å². The fraction of sp³-hybridized carbons (Fsp3) is 0.188. The topological polar surface area (TPSA) is 52.3 Å². The highest BCUT2D eigenvalue weighted by Crippen LogP contribution is 2.44. The second-order valence-electron chi connectivity index (χ2n) is 4.40. The summed E-state index contributed by atoms with van der Waals surface area (Å²) >= 11 is 0. The van der Waals surface area contributed by atoms with E-state index in [1.807, 2.05) is 43.4 Å². The zero-order valence-electron chi connectivity index (χ0n) is 10.9. The standard InChI is InChI=1S/C16H17NO2/c1-3-4-7-12-11(2)15(10-19-16(17)18)14-9-6-5-8-13(12)14/h3-9,15H,2,10H2,1H3,(H2,17,18)/b4-3-,12-7+. The average molecular weight is 255 g/mol. The molecule has 0 fully saturated rings. The van der Waals surface area contributed by atoms with Crippen LogP contribution in [-0.2, 0) is 4.74 Å². The summed E-state index contributed by atoms with van der Waals surface area (Å²) in [6.45, 7) is 6.33. The first kappa shape index (κ1) is 13.1. The normalized spacial score (nSPS) is 19.9. The van der Waals surface area contributed by atoms with Crippen molar-refractivity contribution in [3.63, 3.8) is 0 Å². The highest BCUT2D eigenvalue weighted by molar-refractivity contribution is 5.88. The molecule has 2 rings (SSSR count). The molecule has 1 unspecified atom stereocenters. The Kier molecular flexibility index (Phi) is 3.85. The van der Waals surface area contributed by atoms with Crippen molar-refractivity contribution in [2.24, 2.45) is 5.73 Å². The third kappa shape index (κ3) is 2.60. The van der Waals surface area contributed by atoms with Crippen LogP contribution in [0.15, 0.2) is 54.6 Å². The zero-order valence-corrected chi connectivity index (χ0v) is 10.9. The molecule has 98 valence electrons. The van der Waals surface area contributed by atoms with Crippen LogP contribution in [0.2, 0.25) is 0 Å². The molecule has 3 nitrogen and oxygen atoms in total. The summed E-state index contributed by atoms with van der Waals surface area (Å²) in [5.41, 5.74) is 9.35. The van der Waals surface area contributed by atoms with Gasteiger partial charge in [-0.1, -0.05) is 49.1 Å². The third-order valence-electron chi connectivity index (χ3n) is 3.24. The van der Waals surface area contributed by atoms with Crippen LogP contribution in [0.5, 0.6) is 0 Å². The van der Waals surface area contributed by atoms with Gasteiger partial charge in [-0.25, -0.2) is 4.79 Å². The van der Waals surface area contributed by atoms with Gasteiger partial charge < -0.3 is 10.5 Å². The van der Waals surface area contributed by atoms with Crippen LogP contribution in [0, 0.1) is 0 Å². The number of ether oxygens (including phenoxy) is 1. The molecule has 0 aliphatic heterocycles. The van der Waals surface area contributed by atoms with Crippen molar-refractivity contribution in [3.05, 3.63) is 65.8 Å². The van der Waals surface area contributed by atoms with Crippen molar-refractivity contribution >= 4 is 11.7 Å². The minimum atomic E-state index is -0.754. The summed E-state index contributed by atoms with van der Waals surface area (Å²) in [4.78, 5) is 10.8. The predicted octanol–water partition coefficient (Wildman–Crippen LogP) is 3.39. The quantitative estimate of drug-likeness (QED) is 0.900. The summed E-state index contributed by atoms with van der Waals surface area (Å²) < 4.78 is 4.94. The molecule has 2 N–H and O–H groups in total. The van der Waals surface area contributed by atoms with E-state index in [0.717, 1.165) is 22.3 Å². The van der Waals surface area contributed by atoms with E-state index >= 15 is 0 Å². The van der Waals surface area contributed by atoms with Gasteiger partial charge in [-0.05, 0) is 29.2 Å². The molecule has 0 heterocycles. The lowest BCUT2D eigenvalue weighted by molar-refractivity contribution is 0.153. The number of benzene rings is 1. The monoisotopic (exact) mass is 255 g/mol. The molecule has 19 heavy (non-hydrogen) atoms. The Morgan fingerprint density at radius 3 is 2.89 bits per heavy atom. The van der Waals surface area contributed by atoms with E-state index < -0.39 is 6.09 Å². The Morgan fingerprint density at radius 2 is 2.21 bits per heavy atom. The molecule has 0 saturated carbocycles. The van der Waals surface area contributed by atoms with Gasteiger partial charge in [-0.2, -0.15) is 0 Å². The first-order valence-electron chi connectivity index (χ1n) is 6.18. The Bertz CT molecular complexity index is 570. The van der Waals surface area contributed by atoms with Crippen LogP contribution < -0.4 is 5.73 Å². The van der Waals surface area contributed by atoms with Crippen LogP contribution in [0.1, 0.15) is 24.0 Å². The first-order chi connectivity index (χ1) is 9.15. The maximum absolute atomic E-state index is 10.8. The number of carbonyl (C=O) groups is 1. The average Bonchev–Trinajstić information content (AvgIpc) is 2.66. The lowest BCUT2D eigenvalue weighted by atomic mass is 9.99. The summed E-state index contributed by atoms with van der Waals surface area (Å²) in [6.07, 6.45) is 5.23. The molecule has 1 aromatic carbocycles. The SMILES string of the molecule is C=C1/C(=C\C=C/C)c2ccccc2C1COC(N)=O. The molecule has 0 bridgehead atoms. The number of rotatable bonds is 3. The Labute approximate surface area is 113 Å². The first-order valence-corrected chi connectivity index (χ1v) is 6.18. The molecule has 1 aromatic rings. The van der Waals surface area contributed by atoms with Crippen molar-refractivity contribution in [2.45, 2.75) is 12.8 Å². The number of nitrogens with two attached hydrogens (primary N) is 1. The van der Waals surface area contributed by atoms with E-state index in [-0.39, 0.29) is 12.5 Å². The molecule has 0 saturated heterocycles. The molecular weight excluding hydrogens is 238 g/mol. The van der Waals surface area contributed by atoms with Crippen LogP contribution >= 0.6 is 0 Å². The van der Waals surface area contributed by atoms with Gasteiger partial charge in [0.25, 0.3) is 0 Å². The minimum absolute atomic E-state index is 0.0137. The van der Waals surface area contributed by atoms with E-state index in [4.69, 9.17) is 10.5 Å². The van der Waals surface area contributed by atoms with Crippen molar-refractivity contribution in [3.8, 4) is 0 Å². The highest BCUT2D eigenvalue weighted by atomic mass is 16.5. The van der Waals surface area contributed by atoms with Crippen molar-refractivity contribution in [1.82, 2.24) is 0 Å². The number of allylic oxidation sites excluding steroid dienone is 4. The van der Waals surface area contributed by atoms with Gasteiger partial charge in [0.05, 0.1) is 0 Å². The predicted molar refractivity (Wildman–Crippen MR) is 76.6 cm³/mol. The highest BCUT2D eigenvalue weighted by Gasteiger charge is 2.30. The fourth-order valence-electron chi connectivity index (χ4n) is 2.34. The number of primary amides is 1. The largest absolute Gasteiger partial charge is 0.449 e. The molecular formula is C16H17NO2. The number of carbonyl (C=O) groups excluding carboxylic acids is 1. The summed E-state index contributed by atoms with van der Waals surface area (Å²) in [6, 6.07) is 8.06. The van der Waals surface area contributed by atoms with Crippen molar-refractivity contribution in [1.29, 1.82) is 0 Å². The van der Waals surface area contributed by atoms with Crippen LogP contribution in [0.25, 0.3) is 5.57 Å². The molecule has 3 heteroatoms. The van der Waals surface area contributed by atoms with E-state index in [1.54, 1.807) is 0 Å². The molecule has 0 spiro atoms. The van der Waals surface area contributed by atoms with Gasteiger partial charge in [0.2, 0.25) is 0 Å². The van der Waals surface area contributed by atoms with Crippen LogP contribution in [0.4, 0.5) is 4.79 Å². The van der Waals surface area contributed by atoms with E-state index in [1.165, 1.54) is 0 Å². The van der Waals surface area contributed by atoms with Gasteiger partial charge >= 0.3 is 6.09 Å². The third-order valence-corrected chi connectivity index (χ3v) is 3.24. The van der Waals surface area contributed by atoms with Gasteiger partial charge in [-0.15, -0.1) is 0 Å². The molecule has 1 aliphatic carbocycles. The number of fused-ring (bicyclic) bond motifs is 1. The van der Waals surface area contributed by atoms with E-state index in [0.29, 0.717) is 0 Å². The lowest BCUT2D eigenvalue weighted by Crippen LogP contribution is -2.17. The fourth-order valence-corrected chi connectivity index (χ4v) is 2.34. The van der Waals surface area contributed by atoms with E-state index in [2.05, 4.69) is 12.6 Å². The lowest BCUT2D eigenvalue weighted by Gasteiger charge is -2.12. The Hall–Kier alpha value is -2.29. The number of hydrogen-bond acceptors (Lipinski definition) is 2. The van der Waals surface area contributed by atoms with Crippen molar-refractivity contribution in [2.75, 3.05) is 6.61 Å². The molecule has 0 radical (unpaired) electrons. The van der Waals surface area contributed by atoms with Gasteiger partial charge in [0.1, 0.15) is 6.61 Å². The van der Waals surface area contributed by atoms with Gasteiger partial charge in [0.15, 0.2) is 0 Å². The van der Waals surface area contributed by atoms with E-state index in [9.17, 15) is 4.79 Å². The smallest absolute Gasteiger partial charge is 0.404 e. The molecule has 0 aromatic heterocycles. The van der Waals surface area contributed by atoms with Crippen molar-refractivity contribution < 1.29 is 9.53 Å². The summed E-state index contributed by atoms with van der Waals surface area (Å²) in [5.74, 6) is -0.0137. The number of hydrogen-bond donors (Lipinski definition) is 1. The Morgan fingerprint density at radius 1 is 1.47 bits per heavy atom. The second kappa shape index (κ2) is 5.57. The molecule has 1 atom stereocenters. The maximum Gasteiger partial charge on any atom is 0.404 e. The summed E-state index contributed by atoms with van der Waals surface area (Å²) in [7, 11) is 0. The molecule has 1 amide bonds. The Balaban J connectivity index is 2.38.